The number of benzene rings is 1. The molecule has 0 spiro atoms. The largest absolute Gasteiger partial charge is 0.361 e. The van der Waals surface area contributed by atoms with Crippen molar-refractivity contribution in [3.63, 3.8) is 0 Å². The SMILES string of the molecule is CN[C@H]1CCCC[C@H]1c1c[nH]c2ccccc12. The lowest BCUT2D eigenvalue weighted by Crippen LogP contribution is -2.34. The van der Waals surface area contributed by atoms with Crippen molar-refractivity contribution in [1.29, 1.82) is 0 Å². The summed E-state index contributed by atoms with van der Waals surface area (Å²) in [5.74, 6) is 0.671. The molecule has 0 unspecified atom stereocenters. The molecule has 2 atom stereocenters. The van der Waals surface area contributed by atoms with E-state index < -0.39 is 0 Å². The number of para-hydroxylation sites is 1. The Kier molecular flexibility index (Phi) is 2.89. The van der Waals surface area contributed by atoms with E-state index in [1.54, 1.807) is 0 Å². The van der Waals surface area contributed by atoms with Gasteiger partial charge in [-0.25, -0.2) is 0 Å². The van der Waals surface area contributed by atoms with E-state index >= 15 is 0 Å². The predicted octanol–water partition coefficient (Wildman–Crippen LogP) is 3.41. The fraction of sp³-hybridized carbons (Fsp3) is 0.467. The first-order chi connectivity index (χ1) is 8.40. The zero-order valence-electron chi connectivity index (χ0n) is 10.4. The molecule has 2 aromatic rings. The number of H-pyrrole nitrogens is 1. The van der Waals surface area contributed by atoms with Crippen LogP contribution in [0.4, 0.5) is 0 Å². The topological polar surface area (TPSA) is 27.8 Å². The number of hydrogen-bond donors (Lipinski definition) is 2. The molecule has 1 saturated carbocycles. The van der Waals surface area contributed by atoms with Gasteiger partial charge in [0.25, 0.3) is 0 Å². The van der Waals surface area contributed by atoms with Gasteiger partial charge in [0, 0.05) is 29.1 Å². The minimum atomic E-state index is 0.642. The van der Waals surface area contributed by atoms with Gasteiger partial charge in [-0.3, -0.25) is 0 Å². The molecule has 1 aliphatic carbocycles. The molecule has 0 amide bonds. The molecule has 0 aliphatic heterocycles. The Hall–Kier alpha value is -1.28. The van der Waals surface area contributed by atoms with Crippen LogP contribution in [0.5, 0.6) is 0 Å². The summed E-state index contributed by atoms with van der Waals surface area (Å²) in [6.45, 7) is 0. The van der Waals surface area contributed by atoms with E-state index in [-0.39, 0.29) is 0 Å². The third-order valence-corrected chi connectivity index (χ3v) is 4.16. The van der Waals surface area contributed by atoms with Crippen LogP contribution in [0.1, 0.15) is 37.2 Å². The van der Waals surface area contributed by atoms with Crippen molar-refractivity contribution in [1.82, 2.24) is 10.3 Å². The zero-order chi connectivity index (χ0) is 11.7. The first-order valence-corrected chi connectivity index (χ1v) is 6.63. The number of hydrogen-bond acceptors (Lipinski definition) is 1. The second kappa shape index (κ2) is 4.53. The van der Waals surface area contributed by atoms with E-state index in [0.717, 1.165) is 0 Å². The van der Waals surface area contributed by atoms with Crippen molar-refractivity contribution >= 4 is 10.9 Å². The number of fused-ring (bicyclic) bond motifs is 1. The summed E-state index contributed by atoms with van der Waals surface area (Å²) in [6.07, 6.45) is 7.56. The lowest BCUT2D eigenvalue weighted by Gasteiger charge is -2.31. The van der Waals surface area contributed by atoms with Gasteiger partial charge < -0.3 is 10.3 Å². The molecular weight excluding hydrogens is 208 g/mol. The molecule has 17 heavy (non-hydrogen) atoms. The van der Waals surface area contributed by atoms with Crippen LogP contribution in [-0.2, 0) is 0 Å². The van der Waals surface area contributed by atoms with E-state index in [2.05, 4.69) is 47.8 Å². The number of likely N-dealkylation sites (N-methyl/N-ethyl adjacent to an activating group) is 1. The fourth-order valence-electron chi connectivity index (χ4n) is 3.25. The number of rotatable bonds is 2. The van der Waals surface area contributed by atoms with E-state index in [0.29, 0.717) is 12.0 Å². The van der Waals surface area contributed by atoms with Crippen LogP contribution in [0.15, 0.2) is 30.5 Å². The molecular formula is C15H20N2. The van der Waals surface area contributed by atoms with Crippen molar-refractivity contribution < 1.29 is 0 Å². The quantitative estimate of drug-likeness (QED) is 0.810. The molecule has 3 rings (SSSR count). The molecule has 1 aromatic heterocycles. The van der Waals surface area contributed by atoms with E-state index in [9.17, 15) is 0 Å². The summed E-state index contributed by atoms with van der Waals surface area (Å²) in [5.41, 5.74) is 2.77. The molecule has 1 aromatic carbocycles. The van der Waals surface area contributed by atoms with Crippen molar-refractivity contribution in [2.75, 3.05) is 7.05 Å². The summed E-state index contributed by atoms with van der Waals surface area (Å²) in [7, 11) is 2.10. The standard InChI is InChI=1S/C15H20N2/c1-16-14-8-4-2-6-11(14)13-10-17-15-9-5-3-7-12(13)15/h3,5,7,9-11,14,16-17H,2,4,6,8H2,1H3/t11-,14-/m0/s1. The van der Waals surface area contributed by atoms with Crippen LogP contribution in [0.25, 0.3) is 10.9 Å². The van der Waals surface area contributed by atoms with Crippen LogP contribution in [0.3, 0.4) is 0 Å². The van der Waals surface area contributed by atoms with Gasteiger partial charge in [-0.15, -0.1) is 0 Å². The Morgan fingerprint density at radius 1 is 1.18 bits per heavy atom. The van der Waals surface area contributed by atoms with Gasteiger partial charge >= 0.3 is 0 Å². The average molecular weight is 228 g/mol. The maximum Gasteiger partial charge on any atom is 0.0456 e. The minimum absolute atomic E-state index is 0.642. The van der Waals surface area contributed by atoms with Gasteiger partial charge in [-0.05, 0) is 31.5 Å². The van der Waals surface area contributed by atoms with Gasteiger partial charge in [0.2, 0.25) is 0 Å². The van der Waals surface area contributed by atoms with Gasteiger partial charge in [-0.1, -0.05) is 31.0 Å². The first kappa shape index (κ1) is 10.8. The van der Waals surface area contributed by atoms with Crippen molar-refractivity contribution in [3.8, 4) is 0 Å². The Labute approximate surface area is 102 Å². The predicted molar refractivity (Wildman–Crippen MR) is 72.4 cm³/mol. The molecule has 0 radical (unpaired) electrons. The van der Waals surface area contributed by atoms with Crippen LogP contribution in [0.2, 0.25) is 0 Å². The second-order valence-corrected chi connectivity index (χ2v) is 5.08. The van der Waals surface area contributed by atoms with Crippen molar-refractivity contribution in [3.05, 3.63) is 36.0 Å². The lowest BCUT2D eigenvalue weighted by atomic mass is 9.80. The smallest absolute Gasteiger partial charge is 0.0456 e. The molecule has 1 heterocycles. The van der Waals surface area contributed by atoms with Gasteiger partial charge in [0.05, 0.1) is 0 Å². The summed E-state index contributed by atoms with van der Waals surface area (Å²) in [4.78, 5) is 3.40. The molecule has 90 valence electrons. The Balaban J connectivity index is 2.01. The van der Waals surface area contributed by atoms with Crippen LogP contribution in [-0.4, -0.2) is 18.1 Å². The third-order valence-electron chi connectivity index (χ3n) is 4.16. The van der Waals surface area contributed by atoms with Gasteiger partial charge in [0.1, 0.15) is 0 Å². The van der Waals surface area contributed by atoms with E-state index in [1.165, 1.54) is 42.1 Å². The highest BCUT2D eigenvalue weighted by Crippen LogP contribution is 2.36. The highest BCUT2D eigenvalue weighted by Gasteiger charge is 2.26. The molecule has 2 heteroatoms. The Bertz CT molecular complexity index is 500. The molecule has 0 bridgehead atoms. The molecule has 0 saturated heterocycles. The number of nitrogens with one attached hydrogen (secondary N) is 2. The first-order valence-electron chi connectivity index (χ1n) is 6.63. The average Bonchev–Trinajstić information content (AvgIpc) is 2.82. The molecule has 2 N–H and O–H groups in total. The van der Waals surface area contributed by atoms with Crippen LogP contribution >= 0.6 is 0 Å². The number of aromatic nitrogens is 1. The minimum Gasteiger partial charge on any atom is -0.361 e. The molecule has 1 aliphatic rings. The second-order valence-electron chi connectivity index (χ2n) is 5.08. The van der Waals surface area contributed by atoms with Gasteiger partial charge in [-0.2, -0.15) is 0 Å². The Morgan fingerprint density at radius 3 is 2.88 bits per heavy atom. The fourth-order valence-corrected chi connectivity index (χ4v) is 3.25. The Morgan fingerprint density at radius 2 is 2.00 bits per heavy atom. The maximum atomic E-state index is 3.49. The normalized spacial score (nSPS) is 25.2. The maximum absolute atomic E-state index is 3.49. The molecule has 1 fully saturated rings. The highest BCUT2D eigenvalue weighted by atomic mass is 14.9. The third kappa shape index (κ3) is 1.87. The number of aromatic amines is 1. The summed E-state index contributed by atoms with van der Waals surface area (Å²) >= 11 is 0. The monoisotopic (exact) mass is 228 g/mol. The lowest BCUT2D eigenvalue weighted by molar-refractivity contribution is 0.345. The van der Waals surface area contributed by atoms with Crippen LogP contribution < -0.4 is 5.32 Å². The zero-order valence-corrected chi connectivity index (χ0v) is 10.4. The molecule has 2 nitrogen and oxygen atoms in total. The van der Waals surface area contributed by atoms with E-state index in [1.807, 2.05) is 0 Å². The van der Waals surface area contributed by atoms with Crippen molar-refractivity contribution in [2.24, 2.45) is 0 Å². The summed E-state index contributed by atoms with van der Waals surface area (Å²) < 4.78 is 0. The summed E-state index contributed by atoms with van der Waals surface area (Å²) in [6, 6.07) is 9.28. The van der Waals surface area contributed by atoms with Crippen molar-refractivity contribution in [2.45, 2.75) is 37.6 Å². The van der Waals surface area contributed by atoms with Gasteiger partial charge in [0.15, 0.2) is 0 Å². The summed E-state index contributed by atoms with van der Waals surface area (Å²) in [5, 5.41) is 4.90. The van der Waals surface area contributed by atoms with E-state index in [4.69, 9.17) is 0 Å². The van der Waals surface area contributed by atoms with Crippen LogP contribution in [0, 0.1) is 0 Å². The highest BCUT2D eigenvalue weighted by molar-refractivity contribution is 5.83.